The van der Waals surface area contributed by atoms with E-state index in [1.807, 2.05) is 10.9 Å². The molecule has 0 aliphatic heterocycles. The molecule has 2 rings (SSSR count). The highest BCUT2D eigenvalue weighted by molar-refractivity contribution is 5.14. The van der Waals surface area contributed by atoms with Crippen molar-refractivity contribution >= 4 is 0 Å². The Morgan fingerprint density at radius 3 is 2.84 bits per heavy atom. The van der Waals surface area contributed by atoms with Gasteiger partial charge in [-0.3, -0.25) is 4.68 Å². The molecule has 6 heteroatoms. The maximum atomic E-state index is 9.68. The predicted octanol–water partition coefficient (Wildman–Crippen LogP) is 1.01. The smallest absolute Gasteiger partial charge is 0.157 e. The van der Waals surface area contributed by atoms with Crippen molar-refractivity contribution in [3.05, 3.63) is 12.4 Å². The molecule has 1 aliphatic carbocycles. The second-order valence-corrected chi connectivity index (χ2v) is 5.04. The van der Waals surface area contributed by atoms with E-state index in [1.165, 1.54) is 0 Å². The van der Waals surface area contributed by atoms with Crippen molar-refractivity contribution in [1.29, 1.82) is 0 Å². The van der Waals surface area contributed by atoms with Crippen molar-refractivity contribution in [2.75, 3.05) is 20.3 Å². The molecule has 108 valence electrons. The first-order valence-corrected chi connectivity index (χ1v) is 6.61. The third-order valence-corrected chi connectivity index (χ3v) is 3.21. The minimum absolute atomic E-state index is 0.114. The Bertz CT molecular complexity index is 394. The molecule has 1 saturated carbocycles. The largest absolute Gasteiger partial charge is 0.484 e. The first-order valence-electron chi connectivity index (χ1n) is 6.61. The average Bonchev–Trinajstić information content (AvgIpc) is 2.83. The number of ether oxygens (including phenoxy) is 3. The summed E-state index contributed by atoms with van der Waals surface area (Å²) in [5.41, 5.74) is 0. The molecular weight excluding hydrogens is 248 g/mol. The Kier molecular flexibility index (Phi) is 4.79. The number of aliphatic hydroxyl groups excluding tert-OH is 1. The minimum Gasteiger partial charge on any atom is -0.484 e. The van der Waals surface area contributed by atoms with Crippen molar-refractivity contribution in [3.8, 4) is 5.75 Å². The number of aromatic nitrogens is 2. The molecule has 1 aliphatic rings. The molecule has 6 nitrogen and oxygen atoms in total. The van der Waals surface area contributed by atoms with Crippen LogP contribution in [0.15, 0.2) is 12.4 Å². The number of hydrogen-bond donors (Lipinski definition) is 1. The molecule has 0 bridgehead atoms. The van der Waals surface area contributed by atoms with E-state index in [0.29, 0.717) is 31.4 Å². The summed E-state index contributed by atoms with van der Waals surface area (Å²) in [6.07, 6.45) is 3.29. The van der Waals surface area contributed by atoms with E-state index in [2.05, 4.69) is 18.9 Å². The molecule has 0 saturated heterocycles. The van der Waals surface area contributed by atoms with Gasteiger partial charge in [0.2, 0.25) is 0 Å². The second-order valence-electron chi connectivity index (χ2n) is 5.04. The van der Waals surface area contributed by atoms with Gasteiger partial charge < -0.3 is 19.3 Å². The van der Waals surface area contributed by atoms with Gasteiger partial charge in [-0.05, 0) is 13.8 Å². The molecule has 1 aromatic rings. The van der Waals surface area contributed by atoms with E-state index in [9.17, 15) is 5.11 Å². The zero-order valence-electron chi connectivity index (χ0n) is 11.7. The second kappa shape index (κ2) is 6.36. The highest BCUT2D eigenvalue weighted by Gasteiger charge is 2.43. The lowest BCUT2D eigenvalue weighted by atomic mass is 9.88. The lowest BCUT2D eigenvalue weighted by molar-refractivity contribution is -0.167. The molecule has 1 aromatic heterocycles. The normalized spacial score (nSPS) is 26.5. The molecule has 19 heavy (non-hydrogen) atoms. The van der Waals surface area contributed by atoms with Gasteiger partial charge in [0.1, 0.15) is 12.2 Å². The molecule has 1 fully saturated rings. The summed E-state index contributed by atoms with van der Waals surface area (Å²) in [6, 6.07) is 0.304. The highest BCUT2D eigenvalue weighted by atomic mass is 16.6. The molecule has 0 amide bonds. The third kappa shape index (κ3) is 3.46. The molecule has 1 N–H and O–H groups in total. The lowest BCUT2D eigenvalue weighted by Crippen LogP contribution is -2.55. The van der Waals surface area contributed by atoms with E-state index in [0.717, 1.165) is 0 Å². The Morgan fingerprint density at radius 1 is 1.47 bits per heavy atom. The molecule has 3 unspecified atom stereocenters. The molecular formula is C13H22N2O4. The quantitative estimate of drug-likeness (QED) is 0.749. The molecule has 0 spiro atoms. The van der Waals surface area contributed by atoms with Gasteiger partial charge in [0.25, 0.3) is 0 Å². The maximum Gasteiger partial charge on any atom is 0.157 e. The predicted molar refractivity (Wildman–Crippen MR) is 69.3 cm³/mol. The first-order chi connectivity index (χ1) is 9.11. The fraction of sp³-hybridized carbons (Fsp3) is 0.769. The van der Waals surface area contributed by atoms with Crippen molar-refractivity contribution in [2.45, 2.75) is 44.6 Å². The van der Waals surface area contributed by atoms with Gasteiger partial charge in [0, 0.05) is 19.6 Å². The van der Waals surface area contributed by atoms with Crippen LogP contribution in [0.3, 0.4) is 0 Å². The van der Waals surface area contributed by atoms with Crippen LogP contribution in [0.5, 0.6) is 5.75 Å². The summed E-state index contributed by atoms with van der Waals surface area (Å²) >= 11 is 0. The summed E-state index contributed by atoms with van der Waals surface area (Å²) in [5, 5.41) is 13.9. The van der Waals surface area contributed by atoms with Crippen LogP contribution in [0.25, 0.3) is 0 Å². The standard InChI is InChI=1S/C13H22N2O4/c1-9(2)15-8-10(7-14-15)19-12-6-11(16)13(12)18-5-4-17-3/h7-9,11-13,16H,4-6H2,1-3H3. The number of aliphatic hydroxyl groups is 1. The van der Waals surface area contributed by atoms with E-state index in [-0.39, 0.29) is 12.2 Å². The van der Waals surface area contributed by atoms with Gasteiger partial charge >= 0.3 is 0 Å². The van der Waals surface area contributed by atoms with Crippen LogP contribution in [-0.2, 0) is 9.47 Å². The van der Waals surface area contributed by atoms with Gasteiger partial charge in [-0.15, -0.1) is 0 Å². The van der Waals surface area contributed by atoms with E-state index in [4.69, 9.17) is 14.2 Å². The first kappa shape index (κ1) is 14.3. The Balaban J connectivity index is 1.84. The number of hydrogen-bond acceptors (Lipinski definition) is 5. The summed E-state index contributed by atoms with van der Waals surface area (Å²) in [4.78, 5) is 0. The third-order valence-electron chi connectivity index (χ3n) is 3.21. The lowest BCUT2D eigenvalue weighted by Gasteiger charge is -2.40. The summed E-state index contributed by atoms with van der Waals surface area (Å²) in [5.74, 6) is 0.714. The monoisotopic (exact) mass is 270 g/mol. The van der Waals surface area contributed by atoms with Gasteiger partial charge in [-0.1, -0.05) is 0 Å². The number of methoxy groups -OCH3 is 1. The fourth-order valence-electron chi connectivity index (χ4n) is 2.00. The van der Waals surface area contributed by atoms with E-state index < -0.39 is 6.10 Å². The topological polar surface area (TPSA) is 65.7 Å². The Hall–Kier alpha value is -1.11. The van der Waals surface area contributed by atoms with E-state index in [1.54, 1.807) is 13.3 Å². The zero-order chi connectivity index (χ0) is 13.8. The van der Waals surface area contributed by atoms with Crippen LogP contribution in [0.2, 0.25) is 0 Å². The van der Waals surface area contributed by atoms with Crippen LogP contribution in [0.4, 0.5) is 0 Å². The van der Waals surface area contributed by atoms with Crippen LogP contribution < -0.4 is 4.74 Å². The Labute approximate surface area is 113 Å². The maximum absolute atomic E-state index is 9.68. The number of nitrogens with zero attached hydrogens (tertiary/aromatic N) is 2. The van der Waals surface area contributed by atoms with E-state index >= 15 is 0 Å². The summed E-state index contributed by atoms with van der Waals surface area (Å²) < 4.78 is 18.1. The highest BCUT2D eigenvalue weighted by Crippen LogP contribution is 2.29. The SMILES string of the molecule is COCCOC1C(O)CC1Oc1cnn(C(C)C)c1. The van der Waals surface area contributed by atoms with Gasteiger partial charge in [0.05, 0.1) is 31.7 Å². The van der Waals surface area contributed by atoms with Gasteiger partial charge in [-0.2, -0.15) is 5.10 Å². The van der Waals surface area contributed by atoms with Crippen molar-refractivity contribution < 1.29 is 19.3 Å². The van der Waals surface area contributed by atoms with Crippen molar-refractivity contribution in [2.24, 2.45) is 0 Å². The number of rotatable bonds is 7. The zero-order valence-corrected chi connectivity index (χ0v) is 11.7. The van der Waals surface area contributed by atoms with Crippen LogP contribution in [-0.4, -0.2) is 53.5 Å². The Morgan fingerprint density at radius 2 is 2.26 bits per heavy atom. The van der Waals surface area contributed by atoms with Crippen molar-refractivity contribution in [1.82, 2.24) is 9.78 Å². The van der Waals surface area contributed by atoms with Crippen LogP contribution in [0, 0.1) is 0 Å². The fourth-order valence-corrected chi connectivity index (χ4v) is 2.00. The minimum atomic E-state index is -0.456. The average molecular weight is 270 g/mol. The van der Waals surface area contributed by atoms with Crippen LogP contribution >= 0.6 is 0 Å². The summed E-state index contributed by atoms with van der Waals surface area (Å²) in [6.45, 7) is 5.09. The summed E-state index contributed by atoms with van der Waals surface area (Å²) in [7, 11) is 1.62. The molecule has 0 radical (unpaired) electrons. The van der Waals surface area contributed by atoms with Gasteiger partial charge in [0.15, 0.2) is 5.75 Å². The molecule has 0 aromatic carbocycles. The van der Waals surface area contributed by atoms with Crippen LogP contribution in [0.1, 0.15) is 26.3 Å². The van der Waals surface area contributed by atoms with Gasteiger partial charge in [-0.25, -0.2) is 0 Å². The molecule has 1 heterocycles. The van der Waals surface area contributed by atoms with Crippen molar-refractivity contribution in [3.63, 3.8) is 0 Å². The molecule has 3 atom stereocenters.